The zero-order chi connectivity index (χ0) is 22.9. The van der Waals surface area contributed by atoms with Crippen molar-refractivity contribution in [1.82, 2.24) is 10.2 Å². The van der Waals surface area contributed by atoms with Gasteiger partial charge >= 0.3 is 0 Å². The van der Waals surface area contributed by atoms with E-state index in [1.54, 1.807) is 25.2 Å². The molecule has 0 radical (unpaired) electrons. The predicted octanol–water partition coefficient (Wildman–Crippen LogP) is 4.45. The van der Waals surface area contributed by atoms with Crippen molar-refractivity contribution in [3.63, 3.8) is 0 Å². The molecule has 3 rings (SSSR count). The van der Waals surface area contributed by atoms with Gasteiger partial charge in [0.05, 0.1) is 0 Å². The standard InChI is InChI=1S/C27H29FN2O2/c1-20-12-14-21(15-13-20)16-17-26(31)30(19-23-10-6-7-11-24(23)28)25(27(32)29-2)18-22-8-4-3-5-9-22/h3-15,25H,16-19H2,1-2H3,(H,29,32)/t25-/m0/s1. The summed E-state index contributed by atoms with van der Waals surface area (Å²) in [5.74, 6) is -0.841. The van der Waals surface area contributed by atoms with Gasteiger partial charge < -0.3 is 10.2 Å². The molecule has 0 saturated heterocycles. The van der Waals surface area contributed by atoms with Crippen molar-refractivity contribution in [3.8, 4) is 0 Å². The van der Waals surface area contributed by atoms with Crippen molar-refractivity contribution in [2.75, 3.05) is 7.05 Å². The number of likely N-dealkylation sites (N-methyl/N-ethyl adjacent to an activating group) is 1. The third-order valence-electron chi connectivity index (χ3n) is 5.56. The molecule has 0 unspecified atom stereocenters. The number of halogens is 1. The van der Waals surface area contributed by atoms with Gasteiger partial charge in [0.1, 0.15) is 11.9 Å². The normalized spacial score (nSPS) is 11.6. The molecule has 3 aromatic carbocycles. The molecule has 4 nitrogen and oxygen atoms in total. The average Bonchev–Trinajstić information content (AvgIpc) is 2.82. The minimum atomic E-state index is -0.743. The third kappa shape index (κ3) is 6.27. The number of hydrogen-bond donors (Lipinski definition) is 1. The topological polar surface area (TPSA) is 49.4 Å². The minimum Gasteiger partial charge on any atom is -0.357 e. The van der Waals surface area contributed by atoms with Gasteiger partial charge in [0.2, 0.25) is 11.8 Å². The Labute approximate surface area is 189 Å². The molecule has 3 aromatic rings. The summed E-state index contributed by atoms with van der Waals surface area (Å²) in [5, 5.41) is 2.67. The summed E-state index contributed by atoms with van der Waals surface area (Å²) in [6.07, 6.45) is 1.14. The summed E-state index contributed by atoms with van der Waals surface area (Å²) < 4.78 is 14.4. The first-order valence-electron chi connectivity index (χ1n) is 10.8. The Balaban J connectivity index is 1.87. The second kappa shape index (κ2) is 11.2. The van der Waals surface area contributed by atoms with Crippen molar-refractivity contribution in [2.45, 2.75) is 38.8 Å². The Hall–Kier alpha value is -3.47. The molecule has 0 aliphatic rings. The molecule has 1 N–H and O–H groups in total. The zero-order valence-corrected chi connectivity index (χ0v) is 18.6. The highest BCUT2D eigenvalue weighted by Crippen LogP contribution is 2.18. The highest BCUT2D eigenvalue weighted by Gasteiger charge is 2.30. The first kappa shape index (κ1) is 23.2. The molecule has 0 fully saturated rings. The number of rotatable bonds is 9. The average molecular weight is 433 g/mol. The van der Waals surface area contributed by atoms with Crippen LogP contribution in [0.5, 0.6) is 0 Å². The Bertz CT molecular complexity index is 1040. The largest absolute Gasteiger partial charge is 0.357 e. The second-order valence-corrected chi connectivity index (χ2v) is 7.92. The predicted molar refractivity (Wildman–Crippen MR) is 124 cm³/mol. The van der Waals surface area contributed by atoms with Crippen LogP contribution in [0.25, 0.3) is 0 Å². The second-order valence-electron chi connectivity index (χ2n) is 7.92. The van der Waals surface area contributed by atoms with E-state index in [4.69, 9.17) is 0 Å². The Morgan fingerprint density at radius 3 is 2.22 bits per heavy atom. The van der Waals surface area contributed by atoms with Gasteiger partial charge in [-0.1, -0.05) is 78.4 Å². The number of aryl methyl sites for hydroxylation is 2. The van der Waals surface area contributed by atoms with Crippen molar-refractivity contribution < 1.29 is 14.0 Å². The van der Waals surface area contributed by atoms with E-state index in [0.717, 1.165) is 16.7 Å². The molecule has 0 spiro atoms. The summed E-state index contributed by atoms with van der Waals surface area (Å²) in [6.45, 7) is 2.05. The third-order valence-corrected chi connectivity index (χ3v) is 5.56. The lowest BCUT2D eigenvalue weighted by Gasteiger charge is -2.31. The SMILES string of the molecule is CNC(=O)[C@H](Cc1ccccc1)N(Cc1ccccc1F)C(=O)CCc1ccc(C)cc1. The molecule has 0 heterocycles. The maximum atomic E-state index is 14.4. The lowest BCUT2D eigenvalue weighted by molar-refractivity contribution is -0.141. The smallest absolute Gasteiger partial charge is 0.242 e. The van der Waals surface area contributed by atoms with Crippen LogP contribution in [0, 0.1) is 12.7 Å². The van der Waals surface area contributed by atoms with Gasteiger partial charge in [0.25, 0.3) is 0 Å². The molecule has 0 aliphatic heterocycles. The lowest BCUT2D eigenvalue weighted by Crippen LogP contribution is -2.49. The Kier molecular flexibility index (Phi) is 8.14. The van der Waals surface area contributed by atoms with Crippen LogP contribution >= 0.6 is 0 Å². The molecule has 2 amide bonds. The van der Waals surface area contributed by atoms with Crippen molar-refractivity contribution >= 4 is 11.8 Å². The van der Waals surface area contributed by atoms with E-state index in [-0.39, 0.29) is 30.6 Å². The van der Waals surface area contributed by atoms with Crippen LogP contribution in [0.4, 0.5) is 4.39 Å². The van der Waals surface area contributed by atoms with Crippen molar-refractivity contribution in [3.05, 3.63) is 107 Å². The monoisotopic (exact) mass is 432 g/mol. The Morgan fingerprint density at radius 1 is 0.906 bits per heavy atom. The number of amides is 2. The molecular formula is C27H29FN2O2. The minimum absolute atomic E-state index is 0.0321. The Morgan fingerprint density at radius 2 is 1.56 bits per heavy atom. The van der Waals surface area contributed by atoms with E-state index < -0.39 is 6.04 Å². The van der Waals surface area contributed by atoms with E-state index in [1.165, 1.54) is 11.0 Å². The van der Waals surface area contributed by atoms with Gasteiger partial charge in [-0.2, -0.15) is 0 Å². The number of carbonyl (C=O) groups is 2. The fourth-order valence-electron chi connectivity index (χ4n) is 3.68. The summed E-state index contributed by atoms with van der Waals surface area (Å²) in [4.78, 5) is 27.7. The molecular weight excluding hydrogens is 403 g/mol. The van der Waals surface area contributed by atoms with Crippen LogP contribution in [0.3, 0.4) is 0 Å². The van der Waals surface area contributed by atoms with Gasteiger partial charge in [-0.25, -0.2) is 4.39 Å². The van der Waals surface area contributed by atoms with Gasteiger partial charge in [0, 0.05) is 32.0 Å². The highest BCUT2D eigenvalue weighted by atomic mass is 19.1. The number of carbonyl (C=O) groups excluding carboxylic acids is 2. The summed E-state index contributed by atoms with van der Waals surface area (Å²) >= 11 is 0. The van der Waals surface area contributed by atoms with E-state index in [0.29, 0.717) is 18.4 Å². The maximum Gasteiger partial charge on any atom is 0.242 e. The highest BCUT2D eigenvalue weighted by molar-refractivity contribution is 5.88. The maximum absolute atomic E-state index is 14.4. The van der Waals surface area contributed by atoms with Crippen LogP contribution in [-0.2, 0) is 29.0 Å². The number of hydrogen-bond acceptors (Lipinski definition) is 2. The molecule has 32 heavy (non-hydrogen) atoms. The van der Waals surface area contributed by atoms with Crippen molar-refractivity contribution in [1.29, 1.82) is 0 Å². The number of benzene rings is 3. The van der Waals surface area contributed by atoms with E-state index in [2.05, 4.69) is 5.32 Å². The molecule has 0 saturated carbocycles. The number of nitrogens with zero attached hydrogens (tertiary/aromatic N) is 1. The fourth-order valence-corrected chi connectivity index (χ4v) is 3.68. The number of nitrogens with one attached hydrogen (secondary N) is 1. The van der Waals surface area contributed by atoms with E-state index >= 15 is 0 Å². The van der Waals surface area contributed by atoms with Crippen LogP contribution in [0.1, 0.15) is 28.7 Å². The molecule has 0 bridgehead atoms. The molecule has 166 valence electrons. The van der Waals surface area contributed by atoms with Crippen LogP contribution in [0.2, 0.25) is 0 Å². The molecule has 0 aromatic heterocycles. The van der Waals surface area contributed by atoms with Crippen LogP contribution < -0.4 is 5.32 Å². The van der Waals surface area contributed by atoms with E-state index in [1.807, 2.05) is 61.5 Å². The molecule has 5 heteroatoms. The van der Waals surface area contributed by atoms with E-state index in [9.17, 15) is 14.0 Å². The fraction of sp³-hybridized carbons (Fsp3) is 0.259. The summed E-state index contributed by atoms with van der Waals surface area (Å²) in [5.41, 5.74) is 3.53. The zero-order valence-electron chi connectivity index (χ0n) is 18.6. The molecule has 1 atom stereocenters. The van der Waals surface area contributed by atoms with Gasteiger partial charge in [-0.15, -0.1) is 0 Å². The van der Waals surface area contributed by atoms with Crippen LogP contribution in [0.15, 0.2) is 78.9 Å². The van der Waals surface area contributed by atoms with Crippen molar-refractivity contribution in [2.24, 2.45) is 0 Å². The lowest BCUT2D eigenvalue weighted by atomic mass is 10.0. The quantitative estimate of drug-likeness (QED) is 0.543. The van der Waals surface area contributed by atoms with Gasteiger partial charge in [-0.05, 0) is 30.5 Å². The molecule has 0 aliphatic carbocycles. The summed E-state index contributed by atoms with van der Waals surface area (Å²) in [7, 11) is 1.55. The first-order chi connectivity index (χ1) is 15.5. The van der Waals surface area contributed by atoms with Gasteiger partial charge in [-0.3, -0.25) is 9.59 Å². The van der Waals surface area contributed by atoms with Gasteiger partial charge in [0.15, 0.2) is 0 Å². The first-order valence-corrected chi connectivity index (χ1v) is 10.8. The summed E-state index contributed by atoms with van der Waals surface area (Å²) in [6, 6.07) is 23.2. The van der Waals surface area contributed by atoms with Crippen LogP contribution in [-0.4, -0.2) is 29.8 Å².